The second kappa shape index (κ2) is 9.05. The van der Waals surface area contributed by atoms with Crippen LogP contribution in [0.5, 0.6) is 11.5 Å². The lowest BCUT2D eigenvalue weighted by molar-refractivity contribution is -0.143. The Labute approximate surface area is 176 Å². The van der Waals surface area contributed by atoms with Gasteiger partial charge in [0.2, 0.25) is 0 Å². The number of pyridine rings is 1. The Kier molecular flexibility index (Phi) is 6.49. The molecular formula is C22H20BrNO5. The van der Waals surface area contributed by atoms with E-state index < -0.39 is 11.8 Å². The van der Waals surface area contributed by atoms with Crippen LogP contribution in [0, 0.1) is 0 Å². The number of nitrogens with zero attached hydrogens (tertiary/aromatic N) is 1. The Bertz CT molecular complexity index is 1080. The minimum atomic E-state index is -0.463. The number of halogens is 1. The van der Waals surface area contributed by atoms with Crippen LogP contribution in [-0.2, 0) is 9.53 Å². The van der Waals surface area contributed by atoms with E-state index in [9.17, 15) is 14.7 Å². The van der Waals surface area contributed by atoms with Gasteiger partial charge in [-0.1, -0.05) is 36.4 Å². The molecule has 1 N–H and O–H groups in total. The number of methoxy groups -OCH3 is 1. The van der Waals surface area contributed by atoms with E-state index in [4.69, 9.17) is 9.47 Å². The molecule has 3 aromatic rings. The Balaban J connectivity index is 2.11. The first-order chi connectivity index (χ1) is 14.0. The lowest BCUT2D eigenvalue weighted by Crippen LogP contribution is -2.09. The molecule has 0 aliphatic rings. The Morgan fingerprint density at radius 3 is 2.52 bits per heavy atom. The molecule has 1 aromatic heterocycles. The average Bonchev–Trinajstić information content (AvgIpc) is 2.74. The summed E-state index contributed by atoms with van der Waals surface area (Å²) in [5.41, 5.74) is 2.04. The Morgan fingerprint density at radius 2 is 1.79 bits per heavy atom. The summed E-state index contributed by atoms with van der Waals surface area (Å²) < 4.78 is 10.7. The quantitative estimate of drug-likeness (QED) is 0.400. The third kappa shape index (κ3) is 4.24. The predicted molar refractivity (Wildman–Crippen MR) is 113 cm³/mol. The molecule has 0 aliphatic carbocycles. The summed E-state index contributed by atoms with van der Waals surface area (Å²) in [6, 6.07) is 13.0. The number of aromatic hydroxyl groups is 1. The second-order valence-corrected chi connectivity index (χ2v) is 7.05. The van der Waals surface area contributed by atoms with E-state index >= 15 is 0 Å². The minimum absolute atomic E-state index is 0.0718. The normalized spacial score (nSPS) is 10.7. The number of carbonyl (C=O) groups is 2. The first-order valence-electron chi connectivity index (χ1n) is 9.11. The van der Waals surface area contributed by atoms with Gasteiger partial charge < -0.3 is 14.6 Å². The highest BCUT2D eigenvalue weighted by Crippen LogP contribution is 2.40. The molecule has 29 heavy (non-hydrogen) atoms. The Hall–Kier alpha value is -2.93. The number of fused-ring (bicyclic) bond motifs is 1. The van der Waals surface area contributed by atoms with Gasteiger partial charge in [-0.3, -0.25) is 9.59 Å². The lowest BCUT2D eigenvalue weighted by atomic mass is 10.00. The zero-order valence-electron chi connectivity index (χ0n) is 16.1. The number of ether oxygens (including phenoxy) is 2. The minimum Gasteiger partial charge on any atom is -0.504 e. The summed E-state index contributed by atoms with van der Waals surface area (Å²) in [5.74, 6) is -0.479. The maximum absolute atomic E-state index is 12.7. The fraction of sp³-hybridized carbons (Fsp3) is 0.227. The summed E-state index contributed by atoms with van der Waals surface area (Å²) in [6.07, 6.45) is -0.175. The molecule has 0 bridgehead atoms. The monoisotopic (exact) mass is 457 g/mol. The van der Waals surface area contributed by atoms with Gasteiger partial charge in [0, 0.05) is 22.9 Å². The number of ketones is 1. The van der Waals surface area contributed by atoms with E-state index in [1.165, 1.54) is 0 Å². The number of esters is 1. The van der Waals surface area contributed by atoms with Crippen molar-refractivity contribution in [1.82, 2.24) is 4.98 Å². The van der Waals surface area contributed by atoms with Gasteiger partial charge in [-0.05, 0) is 28.9 Å². The van der Waals surface area contributed by atoms with Gasteiger partial charge >= 0.3 is 5.97 Å². The molecule has 6 nitrogen and oxygen atoms in total. The molecule has 0 radical (unpaired) electrons. The van der Waals surface area contributed by atoms with Crippen molar-refractivity contribution >= 4 is 38.6 Å². The Morgan fingerprint density at radius 1 is 1.07 bits per heavy atom. The van der Waals surface area contributed by atoms with Crippen molar-refractivity contribution in [3.05, 3.63) is 52.6 Å². The number of aromatic nitrogens is 1. The molecule has 0 saturated heterocycles. The molecule has 2 aromatic carbocycles. The van der Waals surface area contributed by atoms with Crippen LogP contribution in [0.1, 0.15) is 30.3 Å². The van der Waals surface area contributed by atoms with Crippen molar-refractivity contribution in [2.75, 3.05) is 13.7 Å². The van der Waals surface area contributed by atoms with Crippen molar-refractivity contribution < 1.29 is 24.2 Å². The molecule has 3 rings (SSSR count). The van der Waals surface area contributed by atoms with Crippen LogP contribution in [0.15, 0.2) is 46.9 Å². The fourth-order valence-corrected chi connectivity index (χ4v) is 3.59. The van der Waals surface area contributed by atoms with Crippen molar-refractivity contribution in [2.24, 2.45) is 0 Å². The molecule has 1 heterocycles. The van der Waals surface area contributed by atoms with Crippen LogP contribution in [0.2, 0.25) is 0 Å². The third-order valence-corrected chi connectivity index (χ3v) is 5.25. The summed E-state index contributed by atoms with van der Waals surface area (Å²) in [5, 5.41) is 11.2. The molecular weight excluding hydrogens is 438 g/mol. The van der Waals surface area contributed by atoms with Crippen LogP contribution in [0.3, 0.4) is 0 Å². The zero-order valence-corrected chi connectivity index (χ0v) is 17.7. The fourth-order valence-electron chi connectivity index (χ4n) is 3.08. The van der Waals surface area contributed by atoms with E-state index in [0.717, 1.165) is 11.1 Å². The summed E-state index contributed by atoms with van der Waals surface area (Å²) in [4.78, 5) is 28.7. The van der Waals surface area contributed by atoms with Crippen LogP contribution >= 0.6 is 15.9 Å². The van der Waals surface area contributed by atoms with Gasteiger partial charge in [0.1, 0.15) is 11.4 Å². The highest BCUT2D eigenvalue weighted by Gasteiger charge is 2.22. The topological polar surface area (TPSA) is 85.7 Å². The van der Waals surface area contributed by atoms with E-state index in [0.29, 0.717) is 21.1 Å². The van der Waals surface area contributed by atoms with E-state index in [2.05, 4.69) is 20.9 Å². The first kappa shape index (κ1) is 20.8. The maximum Gasteiger partial charge on any atom is 0.306 e. The van der Waals surface area contributed by atoms with Crippen LogP contribution in [-0.4, -0.2) is 35.6 Å². The SMILES string of the molecule is CCOC(=O)CCC(=O)c1nc2c(-c3ccccc3OC)cccc2c(Br)c1O. The van der Waals surface area contributed by atoms with Gasteiger partial charge in [-0.2, -0.15) is 0 Å². The number of rotatable bonds is 7. The number of hydrogen-bond donors (Lipinski definition) is 1. The largest absolute Gasteiger partial charge is 0.504 e. The van der Waals surface area contributed by atoms with Crippen molar-refractivity contribution in [1.29, 1.82) is 0 Å². The molecule has 0 amide bonds. The van der Waals surface area contributed by atoms with Gasteiger partial charge in [0.25, 0.3) is 0 Å². The summed E-state index contributed by atoms with van der Waals surface area (Å²) in [7, 11) is 1.59. The molecule has 0 atom stereocenters. The van der Waals surface area contributed by atoms with Crippen molar-refractivity contribution in [3.8, 4) is 22.6 Å². The summed E-state index contributed by atoms with van der Waals surface area (Å²) >= 11 is 3.38. The van der Waals surface area contributed by atoms with Crippen molar-refractivity contribution in [2.45, 2.75) is 19.8 Å². The molecule has 0 saturated carbocycles. The third-order valence-electron chi connectivity index (χ3n) is 4.45. The van der Waals surface area contributed by atoms with Gasteiger partial charge in [0.15, 0.2) is 11.5 Å². The number of benzene rings is 2. The van der Waals surface area contributed by atoms with E-state index in [1.807, 2.05) is 36.4 Å². The second-order valence-electron chi connectivity index (χ2n) is 6.25. The van der Waals surface area contributed by atoms with Crippen molar-refractivity contribution in [3.63, 3.8) is 0 Å². The van der Waals surface area contributed by atoms with Crippen LogP contribution < -0.4 is 4.74 Å². The zero-order chi connectivity index (χ0) is 21.0. The first-order valence-corrected chi connectivity index (χ1v) is 9.90. The van der Waals surface area contributed by atoms with E-state index in [1.54, 1.807) is 20.1 Å². The highest BCUT2D eigenvalue weighted by atomic mass is 79.9. The van der Waals surface area contributed by atoms with Gasteiger partial charge in [-0.15, -0.1) is 0 Å². The standard InChI is InChI=1S/C22H20BrNO5/c1-3-29-18(26)12-11-16(25)21-22(27)19(23)15-9-6-8-14(20(15)24-21)13-7-4-5-10-17(13)28-2/h4-10,27H,3,11-12H2,1-2H3. The highest BCUT2D eigenvalue weighted by molar-refractivity contribution is 9.10. The number of carbonyl (C=O) groups excluding carboxylic acids is 2. The molecule has 150 valence electrons. The molecule has 7 heteroatoms. The number of para-hydroxylation sites is 2. The lowest BCUT2D eigenvalue weighted by Gasteiger charge is -2.13. The average molecular weight is 458 g/mol. The molecule has 0 spiro atoms. The van der Waals surface area contributed by atoms with Crippen LogP contribution in [0.25, 0.3) is 22.0 Å². The summed E-state index contributed by atoms with van der Waals surface area (Å²) in [6.45, 7) is 1.95. The number of Topliss-reactive ketones (excluding diaryl/α,β-unsaturated/α-hetero) is 1. The predicted octanol–water partition coefficient (Wildman–Crippen LogP) is 4.90. The molecule has 0 fully saturated rings. The smallest absolute Gasteiger partial charge is 0.306 e. The van der Waals surface area contributed by atoms with Gasteiger partial charge in [0.05, 0.1) is 30.1 Å². The maximum atomic E-state index is 12.7. The van der Waals surface area contributed by atoms with E-state index in [-0.39, 0.29) is 30.9 Å². The molecule has 0 aliphatic heterocycles. The number of hydrogen-bond acceptors (Lipinski definition) is 6. The van der Waals surface area contributed by atoms with Crippen LogP contribution in [0.4, 0.5) is 0 Å². The van der Waals surface area contributed by atoms with Gasteiger partial charge in [-0.25, -0.2) is 4.98 Å². The molecule has 0 unspecified atom stereocenters.